The number of rotatable bonds is 5. The topological polar surface area (TPSA) is 21.7 Å². The number of hydrogen-bond donors (Lipinski definition) is 0. The van der Waals surface area contributed by atoms with Crippen LogP contribution < -0.4 is 9.47 Å². The summed E-state index contributed by atoms with van der Waals surface area (Å²) in [7, 11) is 7.60. The highest BCUT2D eigenvalue weighted by atomic mass is 35.5. The summed E-state index contributed by atoms with van der Waals surface area (Å²) in [4.78, 5) is 2.20. The summed E-state index contributed by atoms with van der Waals surface area (Å²) >= 11 is 0. The van der Waals surface area contributed by atoms with Crippen molar-refractivity contribution < 1.29 is 9.47 Å². The lowest BCUT2D eigenvalue weighted by atomic mass is 9.95. The highest BCUT2D eigenvalue weighted by Crippen LogP contribution is 2.41. The minimum absolute atomic E-state index is 0. The zero-order valence-electron chi connectivity index (χ0n) is 14.6. The molecule has 0 fully saturated rings. The average Bonchev–Trinajstić information content (AvgIpc) is 2.58. The first kappa shape index (κ1) is 18.4. The fourth-order valence-electron chi connectivity index (χ4n) is 3.11. The number of likely N-dealkylation sites (N-methyl/N-ethyl adjacent to an activating group) is 1. The summed E-state index contributed by atoms with van der Waals surface area (Å²) in [6.07, 6.45) is 0.974. The van der Waals surface area contributed by atoms with Gasteiger partial charge in [-0.25, -0.2) is 0 Å². The first-order valence-corrected chi connectivity index (χ1v) is 7.85. The van der Waals surface area contributed by atoms with Crippen LogP contribution in [0.2, 0.25) is 0 Å². The molecule has 4 heteroatoms. The number of methoxy groups -OCH3 is 2. The van der Waals surface area contributed by atoms with Crippen molar-refractivity contribution in [3.8, 4) is 11.5 Å². The van der Waals surface area contributed by atoms with E-state index in [0.29, 0.717) is 0 Å². The van der Waals surface area contributed by atoms with Gasteiger partial charge in [-0.15, -0.1) is 12.4 Å². The zero-order valence-corrected chi connectivity index (χ0v) is 15.4. The highest BCUT2D eigenvalue weighted by Gasteiger charge is 2.16. The van der Waals surface area contributed by atoms with E-state index in [4.69, 9.17) is 9.47 Å². The van der Waals surface area contributed by atoms with Gasteiger partial charge in [0.15, 0.2) is 11.5 Å². The van der Waals surface area contributed by atoms with Crippen LogP contribution >= 0.6 is 12.4 Å². The molecule has 0 radical (unpaired) electrons. The second-order valence-electron chi connectivity index (χ2n) is 6.03. The number of ether oxygens (including phenoxy) is 2. The predicted octanol–water partition coefficient (Wildman–Crippen LogP) is 4.54. The second-order valence-corrected chi connectivity index (χ2v) is 6.03. The molecule has 0 aliphatic heterocycles. The van der Waals surface area contributed by atoms with Gasteiger partial charge in [0, 0.05) is 11.9 Å². The Labute approximate surface area is 149 Å². The Bertz CT molecular complexity index is 846. The third-order valence-corrected chi connectivity index (χ3v) is 4.28. The quantitative estimate of drug-likeness (QED) is 0.634. The Balaban J connectivity index is 0.00000208. The van der Waals surface area contributed by atoms with Crippen molar-refractivity contribution in [3.63, 3.8) is 0 Å². The molecule has 0 aliphatic carbocycles. The first-order valence-electron chi connectivity index (χ1n) is 7.85. The van der Waals surface area contributed by atoms with Gasteiger partial charge in [0.05, 0.1) is 14.2 Å². The van der Waals surface area contributed by atoms with Gasteiger partial charge in [0.2, 0.25) is 0 Å². The molecule has 3 aromatic carbocycles. The summed E-state index contributed by atoms with van der Waals surface area (Å²) in [6.45, 7) is 0.997. The number of nitrogens with zero attached hydrogens (tertiary/aromatic N) is 1. The van der Waals surface area contributed by atoms with E-state index in [1.165, 1.54) is 21.7 Å². The van der Waals surface area contributed by atoms with Gasteiger partial charge in [-0.2, -0.15) is 0 Å². The normalized spacial score (nSPS) is 10.9. The van der Waals surface area contributed by atoms with E-state index >= 15 is 0 Å². The summed E-state index contributed by atoms with van der Waals surface area (Å²) in [5, 5.41) is 4.79. The molecule has 0 bridgehead atoms. The minimum Gasteiger partial charge on any atom is -0.493 e. The van der Waals surface area contributed by atoms with E-state index in [-0.39, 0.29) is 12.4 Å². The molecule has 0 N–H and O–H groups in total. The van der Waals surface area contributed by atoms with Crippen molar-refractivity contribution in [3.05, 3.63) is 48.0 Å². The van der Waals surface area contributed by atoms with Gasteiger partial charge in [-0.05, 0) is 48.3 Å². The van der Waals surface area contributed by atoms with Crippen molar-refractivity contribution in [1.29, 1.82) is 0 Å². The van der Waals surface area contributed by atoms with Crippen LogP contribution in [0.3, 0.4) is 0 Å². The predicted molar refractivity (Wildman–Crippen MR) is 104 cm³/mol. The van der Waals surface area contributed by atoms with E-state index < -0.39 is 0 Å². The van der Waals surface area contributed by atoms with E-state index in [9.17, 15) is 0 Å². The molecular formula is C20H24ClNO2. The van der Waals surface area contributed by atoms with Crippen LogP contribution in [-0.2, 0) is 6.42 Å². The highest BCUT2D eigenvalue weighted by molar-refractivity contribution is 6.12. The first-order chi connectivity index (χ1) is 11.2. The summed E-state index contributed by atoms with van der Waals surface area (Å²) in [5.74, 6) is 1.61. The van der Waals surface area contributed by atoms with Crippen LogP contribution in [0.15, 0.2) is 42.5 Å². The van der Waals surface area contributed by atoms with Crippen molar-refractivity contribution in [2.24, 2.45) is 0 Å². The number of fused-ring (bicyclic) bond motifs is 3. The molecule has 0 heterocycles. The maximum absolute atomic E-state index is 5.70. The van der Waals surface area contributed by atoms with Crippen molar-refractivity contribution in [2.75, 3.05) is 34.9 Å². The fourth-order valence-corrected chi connectivity index (χ4v) is 3.11. The van der Waals surface area contributed by atoms with Crippen molar-refractivity contribution in [1.82, 2.24) is 4.90 Å². The molecular weight excluding hydrogens is 322 g/mol. The standard InChI is InChI=1S/C20H23NO2.ClH/c1-21(2)12-11-15-13-18(22-3)20(23-4)19-16-8-6-5-7-14(16)9-10-17(15)19;/h5-10,13H,11-12H2,1-4H3;1H. The summed E-state index contributed by atoms with van der Waals surface area (Å²) < 4.78 is 11.3. The van der Waals surface area contributed by atoms with Gasteiger partial charge < -0.3 is 14.4 Å². The van der Waals surface area contributed by atoms with E-state index in [0.717, 1.165) is 29.9 Å². The van der Waals surface area contributed by atoms with E-state index in [2.05, 4.69) is 61.5 Å². The van der Waals surface area contributed by atoms with Gasteiger partial charge in [-0.3, -0.25) is 0 Å². The Morgan fingerprint density at radius 1 is 0.917 bits per heavy atom. The maximum Gasteiger partial charge on any atom is 0.169 e. The third kappa shape index (κ3) is 3.28. The van der Waals surface area contributed by atoms with E-state index in [1.54, 1.807) is 14.2 Å². The Morgan fingerprint density at radius 3 is 2.33 bits per heavy atom. The molecule has 0 saturated heterocycles. The Kier molecular flexibility index (Phi) is 5.92. The fraction of sp³-hybridized carbons (Fsp3) is 0.300. The van der Waals surface area contributed by atoms with Crippen LogP contribution in [0.1, 0.15) is 5.56 Å². The van der Waals surface area contributed by atoms with Gasteiger partial charge >= 0.3 is 0 Å². The molecule has 3 aromatic rings. The average molecular weight is 346 g/mol. The van der Waals surface area contributed by atoms with Crippen LogP contribution in [0.5, 0.6) is 11.5 Å². The van der Waals surface area contributed by atoms with Crippen molar-refractivity contribution >= 4 is 34.0 Å². The van der Waals surface area contributed by atoms with Crippen LogP contribution in [0.25, 0.3) is 21.5 Å². The Morgan fingerprint density at radius 2 is 1.67 bits per heavy atom. The van der Waals surface area contributed by atoms with Crippen molar-refractivity contribution in [2.45, 2.75) is 6.42 Å². The number of hydrogen-bond acceptors (Lipinski definition) is 3. The molecule has 24 heavy (non-hydrogen) atoms. The molecule has 0 unspecified atom stereocenters. The zero-order chi connectivity index (χ0) is 16.4. The van der Waals surface area contributed by atoms with Crippen LogP contribution in [0, 0.1) is 0 Å². The largest absolute Gasteiger partial charge is 0.493 e. The molecule has 3 nitrogen and oxygen atoms in total. The van der Waals surface area contributed by atoms with Crippen LogP contribution in [-0.4, -0.2) is 39.8 Å². The second kappa shape index (κ2) is 7.73. The van der Waals surface area contributed by atoms with Gasteiger partial charge in [0.25, 0.3) is 0 Å². The number of halogens is 1. The van der Waals surface area contributed by atoms with Crippen LogP contribution in [0.4, 0.5) is 0 Å². The lowest BCUT2D eigenvalue weighted by Gasteiger charge is -2.17. The summed E-state index contributed by atoms with van der Waals surface area (Å²) in [5.41, 5.74) is 1.29. The lowest BCUT2D eigenvalue weighted by molar-refractivity contribution is 0.358. The minimum atomic E-state index is 0. The Hall–Kier alpha value is -1.97. The molecule has 128 valence electrons. The summed E-state index contributed by atoms with van der Waals surface area (Å²) in [6, 6.07) is 14.9. The van der Waals surface area contributed by atoms with E-state index in [1.807, 2.05) is 0 Å². The lowest BCUT2D eigenvalue weighted by Crippen LogP contribution is -2.15. The smallest absolute Gasteiger partial charge is 0.169 e. The molecule has 0 aromatic heterocycles. The maximum atomic E-state index is 5.70. The molecule has 0 saturated carbocycles. The molecule has 0 atom stereocenters. The van der Waals surface area contributed by atoms with Gasteiger partial charge in [-0.1, -0.05) is 36.4 Å². The molecule has 0 spiro atoms. The molecule has 3 rings (SSSR count). The third-order valence-electron chi connectivity index (χ3n) is 4.28. The number of benzene rings is 3. The van der Waals surface area contributed by atoms with Gasteiger partial charge in [0.1, 0.15) is 0 Å². The molecule has 0 aliphatic rings. The monoisotopic (exact) mass is 345 g/mol. The molecule has 0 amide bonds. The SMILES string of the molecule is COc1cc(CCN(C)C)c2ccc3ccccc3c2c1OC.Cl.